The normalized spacial score (nSPS) is 15.9. The number of anilines is 2. The van der Waals surface area contributed by atoms with Crippen LogP contribution in [0.5, 0.6) is 0 Å². The van der Waals surface area contributed by atoms with Crippen LogP contribution in [0, 0.1) is 6.92 Å². The minimum Gasteiger partial charge on any atom is -0.383 e. The molecule has 6 heteroatoms. The number of nitrogen functional groups attached to an aromatic ring is 2. The van der Waals surface area contributed by atoms with Crippen molar-refractivity contribution in [3.63, 3.8) is 0 Å². The molecule has 6 nitrogen and oxygen atoms in total. The summed E-state index contributed by atoms with van der Waals surface area (Å²) in [7, 11) is 0. The second-order valence-electron chi connectivity index (χ2n) is 7.55. The number of hydrogen-bond acceptors (Lipinski definition) is 6. The number of aryl methyl sites for hydroxylation is 1. The van der Waals surface area contributed by atoms with E-state index >= 15 is 0 Å². The lowest BCUT2D eigenvalue weighted by atomic mass is 10.1. The summed E-state index contributed by atoms with van der Waals surface area (Å²) in [6.07, 6.45) is 2.34. The summed E-state index contributed by atoms with van der Waals surface area (Å²) < 4.78 is 6.21. The van der Waals surface area contributed by atoms with Crippen molar-refractivity contribution < 1.29 is 4.74 Å². The average Bonchev–Trinajstić information content (AvgIpc) is 2.69. The quantitative estimate of drug-likeness (QED) is 0.709. The number of nitrogens with two attached hydrogens (primary N) is 2. The Labute approximate surface area is 165 Å². The first kappa shape index (κ1) is 18.7. The van der Waals surface area contributed by atoms with Crippen molar-refractivity contribution in [3.05, 3.63) is 59.2 Å². The Balaban J connectivity index is 1.33. The summed E-state index contributed by atoms with van der Waals surface area (Å²) >= 11 is 0. The third-order valence-electron chi connectivity index (χ3n) is 5.39. The Kier molecular flexibility index (Phi) is 5.41. The van der Waals surface area contributed by atoms with Gasteiger partial charge in [-0.25, -0.2) is 4.98 Å². The van der Waals surface area contributed by atoms with Gasteiger partial charge in [-0.05, 0) is 37.0 Å². The third-order valence-corrected chi connectivity index (χ3v) is 5.39. The van der Waals surface area contributed by atoms with Crippen molar-refractivity contribution >= 4 is 22.7 Å². The molecule has 0 spiro atoms. The molecule has 1 saturated heterocycles. The van der Waals surface area contributed by atoms with E-state index in [2.05, 4.69) is 46.1 Å². The van der Waals surface area contributed by atoms with E-state index < -0.39 is 0 Å². The van der Waals surface area contributed by atoms with Gasteiger partial charge in [-0.1, -0.05) is 42.0 Å². The molecule has 1 aliphatic heterocycles. The lowest BCUT2D eigenvalue weighted by molar-refractivity contribution is -0.00349. The van der Waals surface area contributed by atoms with Crippen LogP contribution in [0.3, 0.4) is 0 Å². The summed E-state index contributed by atoms with van der Waals surface area (Å²) in [5.74, 6) is 0.610. The second-order valence-corrected chi connectivity index (χ2v) is 7.55. The molecule has 4 N–H and O–H groups in total. The van der Waals surface area contributed by atoms with Crippen molar-refractivity contribution in [1.29, 1.82) is 0 Å². The molecule has 1 fully saturated rings. The van der Waals surface area contributed by atoms with Gasteiger partial charge in [0.05, 0.1) is 18.2 Å². The second kappa shape index (κ2) is 8.12. The van der Waals surface area contributed by atoms with Crippen LogP contribution in [0.15, 0.2) is 42.5 Å². The van der Waals surface area contributed by atoms with Gasteiger partial charge >= 0.3 is 0 Å². The van der Waals surface area contributed by atoms with Gasteiger partial charge in [-0.2, -0.15) is 4.98 Å². The molecule has 2 heterocycles. The van der Waals surface area contributed by atoms with Crippen molar-refractivity contribution in [1.82, 2.24) is 14.9 Å². The highest BCUT2D eigenvalue weighted by atomic mass is 16.5. The highest BCUT2D eigenvalue weighted by molar-refractivity contribution is 5.91. The maximum atomic E-state index is 6.21. The molecule has 0 aliphatic carbocycles. The number of likely N-dealkylation sites (tertiary alicyclic amines) is 1. The fraction of sp³-hybridized carbons (Fsp3) is 0.364. The van der Waals surface area contributed by atoms with Crippen molar-refractivity contribution in [2.75, 3.05) is 24.6 Å². The summed E-state index contributed by atoms with van der Waals surface area (Å²) in [4.78, 5) is 10.9. The first-order chi connectivity index (χ1) is 13.6. The van der Waals surface area contributed by atoms with Crippen LogP contribution in [0.4, 0.5) is 11.8 Å². The van der Waals surface area contributed by atoms with Gasteiger partial charge in [-0.15, -0.1) is 0 Å². The van der Waals surface area contributed by atoms with Gasteiger partial charge in [0.15, 0.2) is 0 Å². The molecule has 146 valence electrons. The fourth-order valence-corrected chi connectivity index (χ4v) is 3.82. The number of ether oxygens (including phenoxy) is 1. The number of fused-ring (bicyclic) bond motifs is 1. The van der Waals surface area contributed by atoms with Crippen LogP contribution < -0.4 is 11.5 Å². The number of rotatable bonds is 5. The molecule has 1 aliphatic rings. The van der Waals surface area contributed by atoms with Crippen molar-refractivity contribution in [2.45, 2.75) is 39.0 Å². The first-order valence-corrected chi connectivity index (χ1v) is 9.78. The van der Waals surface area contributed by atoms with Gasteiger partial charge in [-0.3, -0.25) is 4.90 Å². The lowest BCUT2D eigenvalue weighted by Gasteiger charge is -2.32. The summed E-state index contributed by atoms with van der Waals surface area (Å²) in [6.45, 7) is 5.74. The number of piperidine rings is 1. The minimum absolute atomic E-state index is 0.198. The molecule has 0 radical (unpaired) electrons. The van der Waals surface area contributed by atoms with E-state index in [0.29, 0.717) is 12.4 Å². The smallest absolute Gasteiger partial charge is 0.222 e. The molecular formula is C22H27N5O. The van der Waals surface area contributed by atoms with E-state index in [4.69, 9.17) is 16.2 Å². The average molecular weight is 377 g/mol. The number of nitrogens with zero attached hydrogens (tertiary/aromatic N) is 3. The van der Waals surface area contributed by atoms with Crippen molar-refractivity contribution in [3.8, 4) is 0 Å². The lowest BCUT2D eigenvalue weighted by Crippen LogP contribution is -2.36. The zero-order valence-corrected chi connectivity index (χ0v) is 16.3. The molecule has 28 heavy (non-hydrogen) atoms. The SMILES string of the molecule is Cc1ccc(CN2CCC(OCc3cccc4nc(N)nc(N)c34)CC2)cc1. The van der Waals surface area contributed by atoms with Gasteiger partial charge < -0.3 is 16.2 Å². The van der Waals surface area contributed by atoms with Crippen LogP contribution in [0.1, 0.15) is 29.5 Å². The molecule has 0 atom stereocenters. The highest BCUT2D eigenvalue weighted by Gasteiger charge is 2.20. The Morgan fingerprint density at radius 1 is 1.04 bits per heavy atom. The molecule has 3 aromatic rings. The van der Waals surface area contributed by atoms with Crippen LogP contribution in [-0.2, 0) is 17.9 Å². The first-order valence-electron chi connectivity index (χ1n) is 9.78. The zero-order valence-electron chi connectivity index (χ0n) is 16.3. The molecule has 0 saturated carbocycles. The molecule has 2 aromatic carbocycles. The largest absolute Gasteiger partial charge is 0.383 e. The van der Waals surface area contributed by atoms with E-state index in [-0.39, 0.29) is 12.1 Å². The van der Waals surface area contributed by atoms with E-state index in [1.807, 2.05) is 18.2 Å². The molecule has 1 aromatic heterocycles. The fourth-order valence-electron chi connectivity index (χ4n) is 3.82. The Morgan fingerprint density at radius 3 is 2.54 bits per heavy atom. The van der Waals surface area contributed by atoms with Crippen LogP contribution in [0.2, 0.25) is 0 Å². The van der Waals surface area contributed by atoms with Crippen molar-refractivity contribution in [2.24, 2.45) is 0 Å². The number of hydrogen-bond donors (Lipinski definition) is 2. The van der Waals surface area contributed by atoms with Gasteiger partial charge in [0.25, 0.3) is 0 Å². The Morgan fingerprint density at radius 2 is 1.79 bits per heavy atom. The maximum Gasteiger partial charge on any atom is 0.222 e. The Hall–Kier alpha value is -2.70. The van der Waals surface area contributed by atoms with Gasteiger partial charge in [0.1, 0.15) is 5.82 Å². The standard InChI is InChI=1S/C22H27N5O/c1-15-5-7-16(8-6-15)13-27-11-9-18(10-12-27)28-14-17-3-2-4-19-20(17)21(23)26-22(24)25-19/h2-8,18H,9-14H2,1H3,(H4,23,24,25,26). The van der Waals surface area contributed by atoms with Crippen LogP contribution in [-0.4, -0.2) is 34.1 Å². The molecular weight excluding hydrogens is 350 g/mol. The maximum absolute atomic E-state index is 6.21. The molecule has 0 bridgehead atoms. The third kappa shape index (κ3) is 4.24. The summed E-state index contributed by atoms with van der Waals surface area (Å²) in [5.41, 5.74) is 16.2. The minimum atomic E-state index is 0.198. The van der Waals surface area contributed by atoms with Gasteiger partial charge in [0, 0.05) is 25.0 Å². The summed E-state index contributed by atoms with van der Waals surface area (Å²) in [6, 6.07) is 14.7. The van der Waals surface area contributed by atoms with E-state index in [1.165, 1.54) is 11.1 Å². The van der Waals surface area contributed by atoms with Crippen LogP contribution >= 0.6 is 0 Å². The topological polar surface area (TPSA) is 90.3 Å². The Bertz CT molecular complexity index is 949. The monoisotopic (exact) mass is 377 g/mol. The van der Waals surface area contributed by atoms with E-state index in [0.717, 1.165) is 48.9 Å². The summed E-state index contributed by atoms with van der Waals surface area (Å²) in [5, 5.41) is 0.841. The van der Waals surface area contributed by atoms with Crippen LogP contribution in [0.25, 0.3) is 10.9 Å². The number of benzene rings is 2. The predicted octanol–water partition coefficient (Wildman–Crippen LogP) is 3.28. The van der Waals surface area contributed by atoms with Gasteiger partial charge in [0.2, 0.25) is 5.95 Å². The molecule has 0 unspecified atom stereocenters. The highest BCUT2D eigenvalue weighted by Crippen LogP contribution is 2.25. The van der Waals surface area contributed by atoms with E-state index in [9.17, 15) is 0 Å². The molecule has 0 amide bonds. The van der Waals surface area contributed by atoms with E-state index in [1.54, 1.807) is 0 Å². The zero-order chi connectivity index (χ0) is 19.5. The molecule has 4 rings (SSSR count). The number of aromatic nitrogens is 2. The predicted molar refractivity (Wildman–Crippen MR) is 113 cm³/mol.